The van der Waals surface area contributed by atoms with Crippen molar-refractivity contribution < 1.29 is 4.79 Å². The predicted molar refractivity (Wildman–Crippen MR) is 99.7 cm³/mol. The third-order valence-corrected chi connectivity index (χ3v) is 5.51. The summed E-state index contributed by atoms with van der Waals surface area (Å²) in [7, 11) is 0. The van der Waals surface area contributed by atoms with Gasteiger partial charge in [0.2, 0.25) is 5.91 Å². The van der Waals surface area contributed by atoms with Crippen molar-refractivity contribution in [3.8, 4) is 0 Å². The van der Waals surface area contributed by atoms with Gasteiger partial charge in [0.05, 0.1) is 0 Å². The number of nitrogens with zero attached hydrogens (tertiary/aromatic N) is 1. The summed E-state index contributed by atoms with van der Waals surface area (Å²) in [5, 5.41) is 3.22. The van der Waals surface area contributed by atoms with Crippen LogP contribution in [0.2, 0.25) is 0 Å². The molecule has 0 unspecified atom stereocenters. The van der Waals surface area contributed by atoms with Crippen LogP contribution in [0.15, 0.2) is 46.3 Å². The molecule has 1 fully saturated rings. The molecule has 1 aromatic carbocycles. The number of hydrogen-bond donors (Lipinski definition) is 2. The molecule has 132 valence electrons. The van der Waals surface area contributed by atoms with Crippen LogP contribution in [0.3, 0.4) is 0 Å². The Kier molecular flexibility index (Phi) is 5.91. The van der Waals surface area contributed by atoms with Gasteiger partial charge in [-0.25, -0.2) is 4.98 Å². The van der Waals surface area contributed by atoms with Gasteiger partial charge in [-0.05, 0) is 25.3 Å². The van der Waals surface area contributed by atoms with E-state index in [1.54, 1.807) is 6.92 Å². The van der Waals surface area contributed by atoms with Crippen LogP contribution >= 0.6 is 11.8 Å². The average molecular weight is 357 g/mol. The van der Waals surface area contributed by atoms with E-state index in [-0.39, 0.29) is 17.5 Å². The van der Waals surface area contributed by atoms with Crippen molar-refractivity contribution in [2.45, 2.75) is 55.5 Å². The van der Waals surface area contributed by atoms with Gasteiger partial charge in [-0.2, -0.15) is 0 Å². The molecule has 1 heterocycles. The second-order valence-electron chi connectivity index (χ2n) is 6.44. The maximum Gasteiger partial charge on any atom is 0.251 e. The number of H-pyrrole nitrogens is 1. The third-order valence-electron chi connectivity index (χ3n) is 4.37. The van der Waals surface area contributed by atoms with Gasteiger partial charge in [0.1, 0.15) is 5.25 Å². The lowest BCUT2D eigenvalue weighted by atomic mass is 9.95. The minimum Gasteiger partial charge on any atom is -0.352 e. The molecule has 1 atom stereocenters. The maximum absolute atomic E-state index is 12.9. The number of aryl methyl sites for hydroxylation is 1. The summed E-state index contributed by atoms with van der Waals surface area (Å²) in [6, 6.07) is 11.3. The summed E-state index contributed by atoms with van der Waals surface area (Å²) >= 11 is 1.29. The number of carbonyl (C=O) groups excluding carboxylic acids is 1. The lowest BCUT2D eigenvalue weighted by molar-refractivity contribution is -0.121. The Bertz CT molecular complexity index is 770. The molecular weight excluding hydrogens is 334 g/mol. The quantitative estimate of drug-likeness (QED) is 0.635. The summed E-state index contributed by atoms with van der Waals surface area (Å²) in [6.45, 7) is 1.78. The topological polar surface area (TPSA) is 74.8 Å². The van der Waals surface area contributed by atoms with Gasteiger partial charge in [-0.3, -0.25) is 9.59 Å². The Hall–Kier alpha value is -2.08. The van der Waals surface area contributed by atoms with Gasteiger partial charge in [-0.1, -0.05) is 61.4 Å². The van der Waals surface area contributed by atoms with Gasteiger partial charge < -0.3 is 10.3 Å². The fraction of sp³-hybridized carbons (Fsp3) is 0.421. The smallest absolute Gasteiger partial charge is 0.251 e. The van der Waals surface area contributed by atoms with Crippen molar-refractivity contribution in [2.75, 3.05) is 0 Å². The Balaban J connectivity index is 1.81. The van der Waals surface area contributed by atoms with Crippen molar-refractivity contribution in [1.82, 2.24) is 15.3 Å². The van der Waals surface area contributed by atoms with Gasteiger partial charge in [0.25, 0.3) is 5.56 Å². The number of carbonyl (C=O) groups is 1. The number of benzene rings is 1. The molecule has 1 aromatic heterocycles. The summed E-state index contributed by atoms with van der Waals surface area (Å²) in [5.41, 5.74) is 1.35. The molecule has 1 saturated carbocycles. The normalized spacial score (nSPS) is 16.4. The van der Waals surface area contributed by atoms with E-state index in [4.69, 9.17) is 0 Å². The molecule has 2 aromatic rings. The molecule has 6 heteroatoms. The van der Waals surface area contributed by atoms with Crippen LogP contribution in [0.25, 0.3) is 0 Å². The fourth-order valence-electron chi connectivity index (χ4n) is 3.14. The van der Waals surface area contributed by atoms with E-state index < -0.39 is 5.25 Å². The molecule has 1 aliphatic rings. The summed E-state index contributed by atoms with van der Waals surface area (Å²) in [4.78, 5) is 31.7. The highest BCUT2D eigenvalue weighted by Gasteiger charge is 2.26. The summed E-state index contributed by atoms with van der Waals surface area (Å²) in [5.74, 6) is -0.0211. The van der Waals surface area contributed by atoms with Gasteiger partial charge in [0.15, 0.2) is 5.16 Å². The molecule has 2 N–H and O–H groups in total. The highest BCUT2D eigenvalue weighted by Crippen LogP contribution is 2.33. The molecule has 1 aliphatic carbocycles. The van der Waals surface area contributed by atoms with Crippen molar-refractivity contribution in [3.63, 3.8) is 0 Å². The Labute approximate surface area is 151 Å². The molecule has 0 saturated heterocycles. The number of aromatic nitrogens is 2. The van der Waals surface area contributed by atoms with Crippen molar-refractivity contribution in [3.05, 3.63) is 58.0 Å². The minimum absolute atomic E-state index is 0.0211. The highest BCUT2D eigenvalue weighted by molar-refractivity contribution is 8.00. The van der Waals surface area contributed by atoms with Crippen molar-refractivity contribution in [1.29, 1.82) is 0 Å². The second kappa shape index (κ2) is 8.34. The van der Waals surface area contributed by atoms with Crippen LogP contribution in [0.4, 0.5) is 0 Å². The number of aromatic amines is 1. The number of nitrogens with one attached hydrogen (secondary N) is 2. The fourth-order valence-corrected chi connectivity index (χ4v) is 4.19. The van der Waals surface area contributed by atoms with Crippen molar-refractivity contribution in [2.24, 2.45) is 0 Å². The van der Waals surface area contributed by atoms with E-state index in [1.165, 1.54) is 37.1 Å². The zero-order valence-corrected chi connectivity index (χ0v) is 15.1. The molecule has 1 amide bonds. The lowest BCUT2D eigenvalue weighted by Gasteiger charge is -2.25. The standard InChI is InChI=1S/C19H23N3O2S/c1-13-12-16(23)22-19(20-13)25-17(14-8-4-2-5-9-14)18(24)21-15-10-6-3-7-11-15/h2,4-5,8-9,12,15,17H,3,6-7,10-11H2,1H3,(H,21,24)(H,20,22,23)/t17-/m1/s1. The average Bonchev–Trinajstić information content (AvgIpc) is 2.60. The van der Waals surface area contributed by atoms with Gasteiger partial charge in [0, 0.05) is 17.8 Å². The van der Waals surface area contributed by atoms with E-state index in [1.807, 2.05) is 30.3 Å². The van der Waals surface area contributed by atoms with Crippen LogP contribution in [-0.2, 0) is 4.79 Å². The highest BCUT2D eigenvalue weighted by atomic mass is 32.2. The summed E-state index contributed by atoms with van der Waals surface area (Å²) < 4.78 is 0. The van der Waals surface area contributed by atoms with Crippen LogP contribution in [0.1, 0.15) is 48.6 Å². The molecule has 3 rings (SSSR count). The molecular formula is C19H23N3O2S. The molecule has 0 radical (unpaired) electrons. The monoisotopic (exact) mass is 357 g/mol. The number of rotatable bonds is 5. The molecule has 5 nitrogen and oxygen atoms in total. The largest absolute Gasteiger partial charge is 0.352 e. The third kappa shape index (κ3) is 4.95. The first-order valence-corrected chi connectivity index (χ1v) is 9.60. The first-order valence-electron chi connectivity index (χ1n) is 8.72. The molecule has 25 heavy (non-hydrogen) atoms. The van der Waals surface area contributed by atoms with Crippen LogP contribution < -0.4 is 10.9 Å². The zero-order valence-electron chi connectivity index (χ0n) is 14.3. The molecule has 0 bridgehead atoms. The number of hydrogen-bond acceptors (Lipinski definition) is 4. The summed E-state index contributed by atoms with van der Waals surface area (Å²) in [6.07, 6.45) is 5.66. The minimum atomic E-state index is -0.437. The number of amides is 1. The number of thioether (sulfide) groups is 1. The zero-order chi connectivity index (χ0) is 17.6. The van der Waals surface area contributed by atoms with E-state index >= 15 is 0 Å². The molecule has 0 aliphatic heterocycles. The van der Waals surface area contributed by atoms with E-state index in [0.29, 0.717) is 10.9 Å². The predicted octanol–water partition coefficient (Wildman–Crippen LogP) is 3.36. The van der Waals surface area contributed by atoms with E-state index in [2.05, 4.69) is 15.3 Å². The maximum atomic E-state index is 12.9. The van der Waals surface area contributed by atoms with Gasteiger partial charge >= 0.3 is 0 Å². The van der Waals surface area contributed by atoms with E-state index in [9.17, 15) is 9.59 Å². The van der Waals surface area contributed by atoms with Crippen LogP contribution in [0.5, 0.6) is 0 Å². The van der Waals surface area contributed by atoms with Crippen LogP contribution in [-0.4, -0.2) is 21.9 Å². The second-order valence-corrected chi connectivity index (χ2v) is 7.54. The van der Waals surface area contributed by atoms with Crippen LogP contribution in [0, 0.1) is 6.92 Å². The van der Waals surface area contributed by atoms with Gasteiger partial charge in [-0.15, -0.1) is 0 Å². The SMILES string of the molecule is Cc1cc(=O)[nH]c(S[C@@H](C(=O)NC2CCCCC2)c2ccccc2)n1. The Morgan fingerprint density at radius 1 is 1.24 bits per heavy atom. The first-order chi connectivity index (χ1) is 12.1. The van der Waals surface area contributed by atoms with Crippen molar-refractivity contribution >= 4 is 17.7 Å². The Morgan fingerprint density at radius 2 is 1.96 bits per heavy atom. The first kappa shape index (κ1) is 17.7. The molecule has 0 spiro atoms. The lowest BCUT2D eigenvalue weighted by Crippen LogP contribution is -2.38. The van der Waals surface area contributed by atoms with E-state index in [0.717, 1.165) is 18.4 Å². The Morgan fingerprint density at radius 3 is 2.64 bits per heavy atom.